The highest BCUT2D eigenvalue weighted by molar-refractivity contribution is 6.05. The Bertz CT molecular complexity index is 1330. The number of benzene rings is 1. The molecule has 0 radical (unpaired) electrons. The van der Waals surface area contributed by atoms with Crippen LogP contribution in [-0.4, -0.2) is 63.8 Å². The Balaban J connectivity index is 1.38. The van der Waals surface area contributed by atoms with Gasteiger partial charge in [-0.15, -0.1) is 0 Å². The van der Waals surface area contributed by atoms with Gasteiger partial charge in [0, 0.05) is 73.9 Å². The lowest BCUT2D eigenvalue weighted by molar-refractivity contribution is 0.102. The number of nitrogens with zero attached hydrogens (tertiary/aromatic N) is 6. The monoisotopic (exact) mass is 445 g/mol. The number of rotatable bonds is 4. The van der Waals surface area contributed by atoms with Gasteiger partial charge in [-0.1, -0.05) is 0 Å². The van der Waals surface area contributed by atoms with Gasteiger partial charge >= 0.3 is 0 Å². The van der Waals surface area contributed by atoms with E-state index in [2.05, 4.69) is 37.2 Å². The van der Waals surface area contributed by atoms with Crippen LogP contribution in [0.15, 0.2) is 55.1 Å². The SMILES string of the molecule is CN1CCN(c2cc(C(=O)Nc3cc4cc(-c5cnn(C)c5)c(F)cc4cn3)ccn2)CC1. The van der Waals surface area contributed by atoms with Crippen LogP contribution in [0.5, 0.6) is 0 Å². The van der Waals surface area contributed by atoms with E-state index in [1.165, 1.54) is 6.07 Å². The number of carbonyl (C=O) groups is 1. The molecule has 1 amide bonds. The summed E-state index contributed by atoms with van der Waals surface area (Å²) in [5.74, 6) is 0.574. The zero-order chi connectivity index (χ0) is 22.9. The molecule has 1 aliphatic heterocycles. The predicted octanol–water partition coefficient (Wildman–Crippen LogP) is 3.17. The molecule has 0 saturated carbocycles. The number of nitrogens with one attached hydrogen (secondary N) is 1. The van der Waals surface area contributed by atoms with Gasteiger partial charge in [-0.05, 0) is 42.8 Å². The molecule has 1 saturated heterocycles. The maximum Gasteiger partial charge on any atom is 0.257 e. The summed E-state index contributed by atoms with van der Waals surface area (Å²) in [5.41, 5.74) is 1.65. The number of anilines is 2. The first kappa shape index (κ1) is 21.0. The van der Waals surface area contributed by atoms with Gasteiger partial charge < -0.3 is 15.1 Å². The Morgan fingerprint density at radius 3 is 2.58 bits per heavy atom. The van der Waals surface area contributed by atoms with E-state index in [-0.39, 0.29) is 11.7 Å². The Morgan fingerprint density at radius 1 is 1.00 bits per heavy atom. The van der Waals surface area contributed by atoms with Crippen molar-refractivity contribution in [1.29, 1.82) is 0 Å². The number of piperazine rings is 1. The van der Waals surface area contributed by atoms with Crippen LogP contribution in [-0.2, 0) is 7.05 Å². The molecule has 8 nitrogen and oxygen atoms in total. The van der Waals surface area contributed by atoms with E-state index in [0.717, 1.165) is 37.4 Å². The van der Waals surface area contributed by atoms with Crippen molar-refractivity contribution in [1.82, 2.24) is 24.6 Å². The summed E-state index contributed by atoms with van der Waals surface area (Å²) in [6.45, 7) is 3.66. The highest BCUT2D eigenvalue weighted by atomic mass is 19.1. The third-order valence-electron chi connectivity index (χ3n) is 5.90. The van der Waals surface area contributed by atoms with E-state index >= 15 is 0 Å². The van der Waals surface area contributed by atoms with Crippen LogP contribution < -0.4 is 10.2 Å². The van der Waals surface area contributed by atoms with Crippen molar-refractivity contribution in [2.24, 2.45) is 7.05 Å². The zero-order valence-corrected chi connectivity index (χ0v) is 18.5. The van der Waals surface area contributed by atoms with Crippen molar-refractivity contribution in [3.05, 3.63) is 66.5 Å². The number of likely N-dealkylation sites (N-methyl/N-ethyl adjacent to an activating group) is 1. The molecule has 5 rings (SSSR count). The largest absolute Gasteiger partial charge is 0.354 e. The summed E-state index contributed by atoms with van der Waals surface area (Å²) < 4.78 is 16.2. The summed E-state index contributed by atoms with van der Waals surface area (Å²) in [5, 5.41) is 8.39. The number of aryl methyl sites for hydroxylation is 1. The Labute approximate surface area is 190 Å². The molecule has 0 bridgehead atoms. The standard InChI is InChI=1S/C24H24FN7O/c1-30-5-7-32(8-6-30)23-12-16(3-4-26-23)24(33)29-22-11-17-9-20(19-14-28-31(2)15-19)21(25)10-18(17)13-27-22/h3-4,9-15H,5-8H2,1-2H3,(H,27,29,33). The third kappa shape index (κ3) is 4.40. The molecule has 168 valence electrons. The topological polar surface area (TPSA) is 79.2 Å². The molecule has 1 fully saturated rings. The first-order valence-corrected chi connectivity index (χ1v) is 10.8. The minimum atomic E-state index is -0.345. The van der Waals surface area contributed by atoms with Crippen LogP contribution in [0, 0.1) is 5.82 Å². The lowest BCUT2D eigenvalue weighted by atomic mass is 10.0. The van der Waals surface area contributed by atoms with Crippen molar-refractivity contribution in [3.8, 4) is 11.1 Å². The third-order valence-corrected chi connectivity index (χ3v) is 5.90. The molecule has 0 aliphatic carbocycles. The maximum absolute atomic E-state index is 14.6. The van der Waals surface area contributed by atoms with Gasteiger partial charge in [-0.25, -0.2) is 14.4 Å². The lowest BCUT2D eigenvalue weighted by Gasteiger charge is -2.33. The summed E-state index contributed by atoms with van der Waals surface area (Å²) in [6.07, 6.45) is 6.59. The number of hydrogen-bond donors (Lipinski definition) is 1. The normalized spacial score (nSPS) is 14.6. The van der Waals surface area contributed by atoms with E-state index in [9.17, 15) is 9.18 Å². The first-order chi connectivity index (χ1) is 16.0. The molecule has 3 aromatic heterocycles. The first-order valence-electron chi connectivity index (χ1n) is 10.8. The molecule has 0 unspecified atom stereocenters. The molecule has 1 N–H and O–H groups in total. The Kier molecular flexibility index (Phi) is 5.47. The second kappa shape index (κ2) is 8.59. The number of pyridine rings is 2. The molecule has 33 heavy (non-hydrogen) atoms. The molecular weight excluding hydrogens is 421 g/mol. The van der Waals surface area contributed by atoms with Crippen molar-refractivity contribution < 1.29 is 9.18 Å². The van der Waals surface area contributed by atoms with Crippen LogP contribution in [0.25, 0.3) is 21.9 Å². The van der Waals surface area contributed by atoms with Gasteiger partial charge in [0.2, 0.25) is 0 Å². The molecule has 9 heteroatoms. The minimum absolute atomic E-state index is 0.269. The van der Waals surface area contributed by atoms with E-state index in [1.54, 1.807) is 60.8 Å². The molecule has 1 aromatic carbocycles. The number of amides is 1. The van der Waals surface area contributed by atoms with E-state index in [0.29, 0.717) is 27.9 Å². The molecule has 1 aliphatic rings. The lowest BCUT2D eigenvalue weighted by Crippen LogP contribution is -2.44. The van der Waals surface area contributed by atoms with Gasteiger partial charge in [0.15, 0.2) is 0 Å². The van der Waals surface area contributed by atoms with Crippen LogP contribution in [0.4, 0.5) is 16.0 Å². The van der Waals surface area contributed by atoms with E-state index in [1.807, 2.05) is 0 Å². The zero-order valence-electron chi connectivity index (χ0n) is 18.5. The molecular formula is C24H24FN7O. The number of halogens is 1. The quantitative estimate of drug-likeness (QED) is 0.520. The van der Waals surface area contributed by atoms with Crippen molar-refractivity contribution >= 4 is 28.3 Å². The van der Waals surface area contributed by atoms with Gasteiger partial charge in [-0.2, -0.15) is 5.10 Å². The van der Waals surface area contributed by atoms with Crippen LogP contribution in [0.1, 0.15) is 10.4 Å². The fourth-order valence-electron chi connectivity index (χ4n) is 3.97. The molecule has 0 atom stereocenters. The fourth-order valence-corrected chi connectivity index (χ4v) is 3.97. The van der Waals surface area contributed by atoms with Crippen LogP contribution in [0.2, 0.25) is 0 Å². The summed E-state index contributed by atoms with van der Waals surface area (Å²) in [7, 11) is 3.88. The van der Waals surface area contributed by atoms with E-state index in [4.69, 9.17) is 0 Å². The van der Waals surface area contributed by atoms with Crippen LogP contribution >= 0.6 is 0 Å². The Morgan fingerprint density at radius 2 is 1.82 bits per heavy atom. The molecule has 0 spiro atoms. The molecule has 4 heterocycles. The number of hydrogen-bond acceptors (Lipinski definition) is 6. The van der Waals surface area contributed by atoms with Crippen molar-refractivity contribution in [2.45, 2.75) is 0 Å². The minimum Gasteiger partial charge on any atom is -0.354 e. The number of fused-ring (bicyclic) bond motifs is 1. The molecule has 4 aromatic rings. The maximum atomic E-state index is 14.6. The van der Waals surface area contributed by atoms with Crippen molar-refractivity contribution in [2.75, 3.05) is 43.4 Å². The fraction of sp³-hybridized carbons (Fsp3) is 0.250. The summed E-state index contributed by atoms with van der Waals surface area (Å²) in [6, 6.07) is 8.43. The van der Waals surface area contributed by atoms with E-state index < -0.39 is 0 Å². The van der Waals surface area contributed by atoms with Crippen molar-refractivity contribution in [3.63, 3.8) is 0 Å². The van der Waals surface area contributed by atoms with Gasteiger partial charge in [-0.3, -0.25) is 9.48 Å². The second-order valence-electron chi connectivity index (χ2n) is 8.30. The number of aromatic nitrogens is 4. The predicted molar refractivity (Wildman–Crippen MR) is 126 cm³/mol. The highest BCUT2D eigenvalue weighted by Crippen LogP contribution is 2.28. The average molecular weight is 446 g/mol. The summed E-state index contributed by atoms with van der Waals surface area (Å²) in [4.78, 5) is 26.1. The highest BCUT2D eigenvalue weighted by Gasteiger charge is 2.17. The number of carbonyl (C=O) groups excluding carboxylic acids is 1. The summed E-state index contributed by atoms with van der Waals surface area (Å²) >= 11 is 0. The second-order valence-corrected chi connectivity index (χ2v) is 8.30. The van der Waals surface area contributed by atoms with Crippen LogP contribution in [0.3, 0.4) is 0 Å². The van der Waals surface area contributed by atoms with Gasteiger partial charge in [0.25, 0.3) is 5.91 Å². The van der Waals surface area contributed by atoms with Gasteiger partial charge in [0.05, 0.1) is 6.20 Å². The van der Waals surface area contributed by atoms with Gasteiger partial charge in [0.1, 0.15) is 17.5 Å². The Hall–Kier alpha value is -3.85. The smallest absolute Gasteiger partial charge is 0.257 e. The average Bonchev–Trinajstić information content (AvgIpc) is 3.25.